The molecule has 0 heterocycles. The minimum absolute atomic E-state index is 0.0267. The van der Waals surface area contributed by atoms with Gasteiger partial charge in [0.2, 0.25) is 10.0 Å². The second-order valence-electron chi connectivity index (χ2n) is 5.15. The van der Waals surface area contributed by atoms with Crippen LogP contribution in [0, 0.1) is 6.92 Å². The topological polar surface area (TPSA) is 66.8 Å². The zero-order chi connectivity index (χ0) is 16.0. The second kappa shape index (κ2) is 7.77. The Balaban J connectivity index is 3.13. The molecule has 0 aliphatic carbocycles. The minimum Gasteiger partial charge on any atom is -0.494 e. The van der Waals surface area contributed by atoms with Crippen molar-refractivity contribution in [3.63, 3.8) is 0 Å². The average Bonchev–Trinajstić information content (AvgIpc) is 2.41. The number of aryl methyl sites for hydroxylation is 1. The lowest BCUT2D eigenvalue weighted by Crippen LogP contribution is -2.38. The van der Waals surface area contributed by atoms with Crippen LogP contribution in [0.2, 0.25) is 0 Å². The molecule has 0 fully saturated rings. The normalized spacial score (nSPS) is 12.1. The lowest BCUT2D eigenvalue weighted by atomic mass is 10.2. The van der Waals surface area contributed by atoms with Gasteiger partial charge in [0, 0.05) is 19.2 Å². The van der Waals surface area contributed by atoms with E-state index in [2.05, 4.69) is 0 Å². The molecule has 0 saturated carbocycles. The first-order chi connectivity index (χ1) is 9.84. The fraction of sp³-hybridized carbons (Fsp3) is 0.600. The van der Waals surface area contributed by atoms with Crippen molar-refractivity contribution in [3.05, 3.63) is 23.8 Å². The summed E-state index contributed by atoms with van der Waals surface area (Å²) < 4.78 is 32.3. The molecule has 0 aliphatic rings. The first-order valence-electron chi connectivity index (χ1n) is 7.20. The molecule has 5 nitrogen and oxygen atoms in total. The number of aliphatic hydroxyl groups is 1. The van der Waals surface area contributed by atoms with Crippen LogP contribution >= 0.6 is 0 Å². The molecule has 1 N–H and O–H groups in total. The summed E-state index contributed by atoms with van der Waals surface area (Å²) in [6.07, 6.45) is 0.424. The van der Waals surface area contributed by atoms with E-state index in [9.17, 15) is 8.42 Å². The van der Waals surface area contributed by atoms with E-state index in [1.807, 2.05) is 27.7 Å². The molecule has 0 amide bonds. The van der Waals surface area contributed by atoms with Crippen molar-refractivity contribution in [1.82, 2.24) is 4.31 Å². The van der Waals surface area contributed by atoms with E-state index in [0.717, 1.165) is 5.56 Å². The number of ether oxygens (including phenoxy) is 1. The van der Waals surface area contributed by atoms with E-state index in [1.165, 1.54) is 4.31 Å². The smallest absolute Gasteiger partial charge is 0.243 e. The molecule has 6 heteroatoms. The Morgan fingerprint density at radius 1 is 1.33 bits per heavy atom. The molecule has 0 saturated heterocycles. The van der Waals surface area contributed by atoms with Crippen LogP contribution in [0.15, 0.2) is 23.1 Å². The van der Waals surface area contributed by atoms with Gasteiger partial charge in [-0.05, 0) is 57.9 Å². The molecule has 1 aromatic rings. The molecule has 0 unspecified atom stereocenters. The third kappa shape index (κ3) is 4.43. The van der Waals surface area contributed by atoms with E-state index in [1.54, 1.807) is 18.2 Å². The largest absolute Gasteiger partial charge is 0.494 e. The van der Waals surface area contributed by atoms with Gasteiger partial charge in [-0.2, -0.15) is 4.31 Å². The van der Waals surface area contributed by atoms with E-state index < -0.39 is 10.0 Å². The molecule has 1 aromatic carbocycles. The van der Waals surface area contributed by atoms with Gasteiger partial charge in [0.25, 0.3) is 0 Å². The Morgan fingerprint density at radius 2 is 2.00 bits per heavy atom. The summed E-state index contributed by atoms with van der Waals surface area (Å²) in [6.45, 7) is 8.20. The highest BCUT2D eigenvalue weighted by Gasteiger charge is 2.26. The second-order valence-corrected chi connectivity index (χ2v) is 7.04. The highest BCUT2D eigenvalue weighted by molar-refractivity contribution is 7.89. The van der Waals surface area contributed by atoms with Gasteiger partial charge in [-0.25, -0.2) is 8.42 Å². The third-order valence-corrected chi connectivity index (χ3v) is 5.24. The van der Waals surface area contributed by atoms with Gasteiger partial charge < -0.3 is 9.84 Å². The first-order valence-corrected chi connectivity index (χ1v) is 8.64. The Hall–Kier alpha value is -1.11. The van der Waals surface area contributed by atoms with Gasteiger partial charge in [0.05, 0.1) is 11.5 Å². The van der Waals surface area contributed by atoms with Crippen LogP contribution in [-0.4, -0.2) is 43.6 Å². The van der Waals surface area contributed by atoms with E-state index in [0.29, 0.717) is 25.3 Å². The summed E-state index contributed by atoms with van der Waals surface area (Å²) >= 11 is 0. The Labute approximate surface area is 127 Å². The Kier molecular flexibility index (Phi) is 6.64. The number of hydrogen-bond donors (Lipinski definition) is 1. The van der Waals surface area contributed by atoms with Crippen LogP contribution in [0.5, 0.6) is 5.75 Å². The molecule has 1 rings (SSSR count). The van der Waals surface area contributed by atoms with Crippen LogP contribution in [0.1, 0.15) is 32.8 Å². The number of hydrogen-bond acceptors (Lipinski definition) is 4. The number of sulfonamides is 1. The fourth-order valence-corrected chi connectivity index (χ4v) is 3.88. The van der Waals surface area contributed by atoms with Crippen LogP contribution in [0.4, 0.5) is 0 Å². The molecule has 0 aliphatic heterocycles. The quantitative estimate of drug-likeness (QED) is 0.798. The third-order valence-electron chi connectivity index (χ3n) is 3.17. The van der Waals surface area contributed by atoms with Gasteiger partial charge in [-0.1, -0.05) is 0 Å². The van der Waals surface area contributed by atoms with Crippen molar-refractivity contribution < 1.29 is 18.3 Å². The van der Waals surface area contributed by atoms with Crippen molar-refractivity contribution in [2.24, 2.45) is 0 Å². The van der Waals surface area contributed by atoms with E-state index in [4.69, 9.17) is 9.84 Å². The van der Waals surface area contributed by atoms with Crippen molar-refractivity contribution >= 4 is 10.0 Å². The van der Waals surface area contributed by atoms with Gasteiger partial charge in [-0.15, -0.1) is 0 Å². The van der Waals surface area contributed by atoms with Gasteiger partial charge in [-0.3, -0.25) is 0 Å². The summed E-state index contributed by atoms with van der Waals surface area (Å²) in [5.74, 6) is 0.697. The molecule has 0 radical (unpaired) electrons. The average molecular weight is 315 g/mol. The molecule has 21 heavy (non-hydrogen) atoms. The number of rotatable bonds is 8. The fourth-order valence-electron chi connectivity index (χ4n) is 2.12. The monoisotopic (exact) mass is 315 g/mol. The highest BCUT2D eigenvalue weighted by atomic mass is 32.2. The maximum absolute atomic E-state index is 12.7. The van der Waals surface area contributed by atoms with Crippen LogP contribution in [0.3, 0.4) is 0 Å². The van der Waals surface area contributed by atoms with E-state index >= 15 is 0 Å². The SMILES string of the molecule is CCOc1ccc(S(=O)(=O)N(CCCO)C(C)C)cc1C. The minimum atomic E-state index is -3.56. The summed E-state index contributed by atoms with van der Waals surface area (Å²) in [6, 6.07) is 4.74. The lowest BCUT2D eigenvalue weighted by molar-refractivity contribution is 0.258. The zero-order valence-electron chi connectivity index (χ0n) is 13.2. The molecular weight excluding hydrogens is 290 g/mol. The van der Waals surface area contributed by atoms with Crippen molar-refractivity contribution in [2.75, 3.05) is 19.8 Å². The Bertz CT molecular complexity index is 555. The maximum Gasteiger partial charge on any atom is 0.243 e. The van der Waals surface area contributed by atoms with Gasteiger partial charge >= 0.3 is 0 Å². The summed E-state index contributed by atoms with van der Waals surface area (Å²) in [5.41, 5.74) is 0.795. The summed E-state index contributed by atoms with van der Waals surface area (Å²) in [4.78, 5) is 0.259. The predicted octanol–water partition coefficient (Wildman–Crippen LogP) is 2.18. The van der Waals surface area contributed by atoms with Crippen LogP contribution < -0.4 is 4.74 Å². The van der Waals surface area contributed by atoms with Crippen molar-refractivity contribution in [3.8, 4) is 5.75 Å². The maximum atomic E-state index is 12.7. The lowest BCUT2D eigenvalue weighted by Gasteiger charge is -2.26. The highest BCUT2D eigenvalue weighted by Crippen LogP contribution is 2.25. The van der Waals surface area contributed by atoms with Crippen molar-refractivity contribution in [1.29, 1.82) is 0 Å². The number of benzene rings is 1. The molecule has 120 valence electrons. The van der Waals surface area contributed by atoms with Crippen LogP contribution in [-0.2, 0) is 10.0 Å². The summed E-state index contributed by atoms with van der Waals surface area (Å²) in [5, 5.41) is 8.93. The molecule has 0 spiro atoms. The first kappa shape index (κ1) is 17.9. The number of aliphatic hydroxyl groups excluding tert-OH is 1. The summed E-state index contributed by atoms with van der Waals surface area (Å²) in [7, 11) is -3.56. The molecule has 0 atom stereocenters. The van der Waals surface area contributed by atoms with Crippen molar-refractivity contribution in [2.45, 2.75) is 45.1 Å². The molecule has 0 bridgehead atoms. The number of nitrogens with zero attached hydrogens (tertiary/aromatic N) is 1. The predicted molar refractivity (Wildman–Crippen MR) is 83.1 cm³/mol. The standard InChI is InChI=1S/C15H25NO4S/c1-5-20-15-8-7-14(11-13(15)4)21(18,19)16(12(2)3)9-6-10-17/h7-8,11-12,17H,5-6,9-10H2,1-4H3. The molecular formula is C15H25NO4S. The van der Waals surface area contributed by atoms with E-state index in [-0.39, 0.29) is 17.5 Å². The molecule has 0 aromatic heterocycles. The van der Waals surface area contributed by atoms with Crippen LogP contribution in [0.25, 0.3) is 0 Å². The zero-order valence-corrected chi connectivity index (χ0v) is 14.0. The van der Waals surface area contributed by atoms with Gasteiger partial charge in [0.15, 0.2) is 0 Å². The Morgan fingerprint density at radius 3 is 2.48 bits per heavy atom. The van der Waals surface area contributed by atoms with Gasteiger partial charge in [0.1, 0.15) is 5.75 Å².